The number of hydrogen-bond acceptors (Lipinski definition) is 4. The second-order valence-electron chi connectivity index (χ2n) is 4.09. The lowest BCUT2D eigenvalue weighted by Crippen LogP contribution is -2.35. The first-order valence-corrected chi connectivity index (χ1v) is 5.82. The number of tetrazole rings is 1. The molecular weight excluding hydrogens is 214 g/mol. The largest absolute Gasteiger partial charge is 0.295 e. The first-order valence-electron chi connectivity index (χ1n) is 5.29. The summed E-state index contributed by atoms with van der Waals surface area (Å²) < 4.78 is 0. The molecule has 84 valence electrons. The summed E-state index contributed by atoms with van der Waals surface area (Å²) >= 11 is 5.88. The molecular formula is C9H16ClN5. The summed E-state index contributed by atoms with van der Waals surface area (Å²) in [4.78, 5) is 3.85. The number of rotatable bonds is 3. The summed E-state index contributed by atoms with van der Waals surface area (Å²) in [6.07, 6.45) is 2.46. The number of likely N-dealkylation sites (tertiary alicyclic amines) is 1. The van der Waals surface area contributed by atoms with Crippen molar-refractivity contribution in [1.29, 1.82) is 0 Å². The number of aromatic nitrogens is 4. The fraction of sp³-hybridized carbons (Fsp3) is 0.889. The van der Waals surface area contributed by atoms with Gasteiger partial charge in [0, 0.05) is 12.4 Å². The molecule has 0 saturated carbocycles. The molecule has 1 unspecified atom stereocenters. The SMILES string of the molecule is Cn1nnc(CN2CCCC(CCl)C2)n1. The Hall–Kier alpha value is -0.680. The van der Waals surface area contributed by atoms with E-state index in [4.69, 9.17) is 11.6 Å². The molecule has 6 heteroatoms. The van der Waals surface area contributed by atoms with Crippen molar-refractivity contribution in [3.63, 3.8) is 0 Å². The number of nitrogens with zero attached hydrogens (tertiary/aromatic N) is 5. The molecule has 2 rings (SSSR count). The Morgan fingerprint density at radius 2 is 2.40 bits per heavy atom. The normalized spacial score (nSPS) is 23.2. The van der Waals surface area contributed by atoms with E-state index in [2.05, 4.69) is 20.3 Å². The highest BCUT2D eigenvalue weighted by atomic mass is 35.5. The van der Waals surface area contributed by atoms with Crippen LogP contribution in [0.15, 0.2) is 0 Å². The Labute approximate surface area is 94.4 Å². The number of hydrogen-bond donors (Lipinski definition) is 0. The smallest absolute Gasteiger partial charge is 0.188 e. The van der Waals surface area contributed by atoms with Gasteiger partial charge in [0.2, 0.25) is 0 Å². The number of alkyl halides is 1. The van der Waals surface area contributed by atoms with E-state index in [1.807, 2.05) is 0 Å². The summed E-state index contributed by atoms with van der Waals surface area (Å²) in [6.45, 7) is 2.97. The van der Waals surface area contributed by atoms with Gasteiger partial charge in [-0.05, 0) is 30.5 Å². The number of piperidine rings is 1. The van der Waals surface area contributed by atoms with Crippen LogP contribution >= 0.6 is 11.6 Å². The van der Waals surface area contributed by atoms with Gasteiger partial charge in [-0.15, -0.1) is 21.8 Å². The number of halogens is 1. The first kappa shape index (κ1) is 10.8. The second kappa shape index (κ2) is 4.90. The molecule has 15 heavy (non-hydrogen) atoms. The highest BCUT2D eigenvalue weighted by molar-refractivity contribution is 6.18. The highest BCUT2D eigenvalue weighted by Crippen LogP contribution is 2.18. The Bertz CT molecular complexity index is 313. The molecule has 1 aliphatic heterocycles. The van der Waals surface area contributed by atoms with Crippen LogP contribution in [-0.4, -0.2) is 44.1 Å². The van der Waals surface area contributed by atoms with E-state index in [0.29, 0.717) is 5.92 Å². The van der Waals surface area contributed by atoms with Crippen LogP contribution in [0.25, 0.3) is 0 Å². The fourth-order valence-corrected chi connectivity index (χ4v) is 2.26. The Balaban J connectivity index is 1.88. The van der Waals surface area contributed by atoms with E-state index < -0.39 is 0 Å². The minimum Gasteiger partial charge on any atom is -0.295 e. The highest BCUT2D eigenvalue weighted by Gasteiger charge is 2.20. The molecule has 1 atom stereocenters. The van der Waals surface area contributed by atoms with Crippen LogP contribution in [0.2, 0.25) is 0 Å². The van der Waals surface area contributed by atoms with Gasteiger partial charge in [0.25, 0.3) is 0 Å². The van der Waals surface area contributed by atoms with Gasteiger partial charge in [0.15, 0.2) is 5.82 Å². The van der Waals surface area contributed by atoms with Gasteiger partial charge in [0.1, 0.15) is 0 Å². The van der Waals surface area contributed by atoms with E-state index in [1.54, 1.807) is 7.05 Å². The van der Waals surface area contributed by atoms with Crippen molar-refractivity contribution < 1.29 is 0 Å². The summed E-state index contributed by atoms with van der Waals surface area (Å²) in [6, 6.07) is 0. The topological polar surface area (TPSA) is 46.8 Å². The third kappa shape index (κ3) is 2.89. The van der Waals surface area contributed by atoms with Crippen LogP contribution in [0, 0.1) is 5.92 Å². The third-order valence-electron chi connectivity index (χ3n) is 2.74. The molecule has 1 aromatic heterocycles. The van der Waals surface area contributed by atoms with Gasteiger partial charge in [-0.25, -0.2) is 0 Å². The minimum atomic E-state index is 0.622. The van der Waals surface area contributed by atoms with Crippen molar-refractivity contribution in [1.82, 2.24) is 25.1 Å². The van der Waals surface area contributed by atoms with Crippen LogP contribution in [0.5, 0.6) is 0 Å². The second-order valence-corrected chi connectivity index (χ2v) is 4.40. The summed E-state index contributed by atoms with van der Waals surface area (Å²) in [5, 5.41) is 12.0. The van der Waals surface area contributed by atoms with Crippen molar-refractivity contribution in [3.05, 3.63) is 5.82 Å². The van der Waals surface area contributed by atoms with Crippen molar-refractivity contribution in [2.75, 3.05) is 19.0 Å². The molecule has 1 fully saturated rings. The minimum absolute atomic E-state index is 0.622. The average Bonchev–Trinajstić information content (AvgIpc) is 2.64. The molecule has 0 aliphatic carbocycles. The van der Waals surface area contributed by atoms with Gasteiger partial charge >= 0.3 is 0 Å². The van der Waals surface area contributed by atoms with Crippen LogP contribution in [0.1, 0.15) is 18.7 Å². The van der Waals surface area contributed by atoms with E-state index in [1.165, 1.54) is 17.6 Å². The van der Waals surface area contributed by atoms with Gasteiger partial charge in [-0.3, -0.25) is 4.90 Å². The van der Waals surface area contributed by atoms with Crippen LogP contribution < -0.4 is 0 Å². The van der Waals surface area contributed by atoms with Crippen molar-refractivity contribution in [2.45, 2.75) is 19.4 Å². The molecule has 1 saturated heterocycles. The molecule has 2 heterocycles. The molecule has 0 radical (unpaired) electrons. The molecule has 0 N–H and O–H groups in total. The van der Waals surface area contributed by atoms with Gasteiger partial charge in [-0.1, -0.05) is 0 Å². The van der Waals surface area contributed by atoms with Gasteiger partial charge in [0.05, 0.1) is 13.6 Å². The van der Waals surface area contributed by atoms with E-state index in [-0.39, 0.29) is 0 Å². The zero-order chi connectivity index (χ0) is 10.7. The molecule has 0 bridgehead atoms. The maximum absolute atomic E-state index is 5.88. The monoisotopic (exact) mass is 229 g/mol. The van der Waals surface area contributed by atoms with Crippen LogP contribution in [0.4, 0.5) is 0 Å². The molecule has 0 amide bonds. The van der Waals surface area contributed by atoms with Crippen molar-refractivity contribution >= 4 is 11.6 Å². The van der Waals surface area contributed by atoms with E-state index in [0.717, 1.165) is 31.3 Å². The average molecular weight is 230 g/mol. The molecule has 1 aromatic rings. The maximum atomic E-state index is 5.88. The Kier molecular flexibility index (Phi) is 3.53. The predicted octanol–water partition coefficient (Wildman–Crippen LogP) is 0.661. The quantitative estimate of drug-likeness (QED) is 0.715. The Morgan fingerprint density at radius 3 is 3.07 bits per heavy atom. The van der Waals surface area contributed by atoms with Crippen LogP contribution in [0.3, 0.4) is 0 Å². The summed E-state index contributed by atoms with van der Waals surface area (Å²) in [7, 11) is 1.79. The lowest BCUT2D eigenvalue weighted by molar-refractivity contribution is 0.174. The summed E-state index contributed by atoms with van der Waals surface area (Å²) in [5.41, 5.74) is 0. The standard InChI is InChI=1S/C9H16ClN5/c1-14-12-9(11-13-14)7-15-4-2-3-8(5-10)6-15/h8H,2-7H2,1H3. The van der Waals surface area contributed by atoms with Gasteiger partial charge in [-0.2, -0.15) is 4.80 Å². The fourth-order valence-electron chi connectivity index (χ4n) is 2.01. The van der Waals surface area contributed by atoms with Crippen molar-refractivity contribution in [3.8, 4) is 0 Å². The number of aryl methyl sites for hydroxylation is 1. The molecule has 5 nitrogen and oxygen atoms in total. The molecule has 0 aromatic carbocycles. The van der Waals surface area contributed by atoms with Crippen LogP contribution in [-0.2, 0) is 13.6 Å². The molecule has 1 aliphatic rings. The first-order chi connectivity index (χ1) is 7.28. The zero-order valence-corrected chi connectivity index (χ0v) is 9.69. The Morgan fingerprint density at radius 1 is 1.53 bits per heavy atom. The summed E-state index contributed by atoms with van der Waals surface area (Å²) in [5.74, 6) is 2.18. The van der Waals surface area contributed by atoms with Gasteiger partial charge < -0.3 is 0 Å². The zero-order valence-electron chi connectivity index (χ0n) is 8.93. The van der Waals surface area contributed by atoms with Crippen molar-refractivity contribution in [2.24, 2.45) is 13.0 Å². The predicted molar refractivity (Wildman–Crippen MR) is 57.5 cm³/mol. The lowest BCUT2D eigenvalue weighted by Gasteiger charge is -2.30. The lowest BCUT2D eigenvalue weighted by atomic mass is 10.0. The van der Waals surface area contributed by atoms with E-state index >= 15 is 0 Å². The van der Waals surface area contributed by atoms with E-state index in [9.17, 15) is 0 Å². The maximum Gasteiger partial charge on any atom is 0.188 e. The molecule has 0 spiro atoms. The third-order valence-corrected chi connectivity index (χ3v) is 3.17.